The Labute approximate surface area is 117 Å². The standard InChI is InChI=1S/C15H28N4/c1-3-8-19-12-14(10-17-19)15(9-16)18(2)11-13-6-4-5-7-13/h10,12-13,15H,3-9,11,16H2,1-2H3. The van der Waals surface area contributed by atoms with Gasteiger partial charge in [-0.25, -0.2) is 0 Å². The van der Waals surface area contributed by atoms with Gasteiger partial charge in [-0.3, -0.25) is 9.58 Å². The normalized spacial score (nSPS) is 18.3. The molecule has 0 bridgehead atoms. The van der Waals surface area contributed by atoms with Gasteiger partial charge in [-0.15, -0.1) is 0 Å². The molecule has 2 rings (SSSR count). The zero-order valence-electron chi connectivity index (χ0n) is 12.4. The summed E-state index contributed by atoms with van der Waals surface area (Å²) in [7, 11) is 2.20. The molecule has 1 aromatic rings. The Bertz CT molecular complexity index is 368. The highest BCUT2D eigenvalue weighted by molar-refractivity contribution is 5.11. The van der Waals surface area contributed by atoms with Gasteiger partial charge in [-0.2, -0.15) is 5.10 Å². The maximum absolute atomic E-state index is 5.98. The highest BCUT2D eigenvalue weighted by Gasteiger charge is 2.22. The van der Waals surface area contributed by atoms with E-state index < -0.39 is 0 Å². The van der Waals surface area contributed by atoms with Crippen LogP contribution in [0.5, 0.6) is 0 Å². The van der Waals surface area contributed by atoms with E-state index in [1.807, 2.05) is 10.9 Å². The number of hydrogen-bond donors (Lipinski definition) is 1. The summed E-state index contributed by atoms with van der Waals surface area (Å²) in [6.07, 6.45) is 10.8. The smallest absolute Gasteiger partial charge is 0.0538 e. The van der Waals surface area contributed by atoms with E-state index in [-0.39, 0.29) is 0 Å². The van der Waals surface area contributed by atoms with Crippen molar-refractivity contribution in [3.63, 3.8) is 0 Å². The van der Waals surface area contributed by atoms with Crippen molar-refractivity contribution < 1.29 is 0 Å². The summed E-state index contributed by atoms with van der Waals surface area (Å²) >= 11 is 0. The number of nitrogens with zero attached hydrogens (tertiary/aromatic N) is 3. The number of nitrogens with two attached hydrogens (primary N) is 1. The lowest BCUT2D eigenvalue weighted by Gasteiger charge is -2.28. The maximum Gasteiger partial charge on any atom is 0.0538 e. The molecule has 1 unspecified atom stereocenters. The van der Waals surface area contributed by atoms with Crippen molar-refractivity contribution in [1.29, 1.82) is 0 Å². The lowest BCUT2D eigenvalue weighted by molar-refractivity contribution is 0.212. The van der Waals surface area contributed by atoms with Crippen molar-refractivity contribution in [2.45, 2.75) is 51.6 Å². The Balaban J connectivity index is 1.96. The summed E-state index contributed by atoms with van der Waals surface area (Å²) in [5.41, 5.74) is 7.25. The molecule has 0 radical (unpaired) electrons. The Kier molecular flexibility index (Phi) is 5.40. The number of hydrogen-bond acceptors (Lipinski definition) is 3. The van der Waals surface area contributed by atoms with Crippen LogP contribution in [0.25, 0.3) is 0 Å². The van der Waals surface area contributed by atoms with Gasteiger partial charge < -0.3 is 5.73 Å². The van der Waals surface area contributed by atoms with Crippen LogP contribution in [-0.4, -0.2) is 34.8 Å². The van der Waals surface area contributed by atoms with Crippen LogP contribution in [0.1, 0.15) is 50.6 Å². The van der Waals surface area contributed by atoms with Crippen molar-refractivity contribution in [2.75, 3.05) is 20.1 Å². The zero-order valence-corrected chi connectivity index (χ0v) is 12.4. The Morgan fingerprint density at radius 2 is 2.21 bits per heavy atom. The first-order valence-electron chi connectivity index (χ1n) is 7.67. The Hall–Kier alpha value is -0.870. The predicted molar refractivity (Wildman–Crippen MR) is 78.9 cm³/mol. The molecule has 4 heteroatoms. The van der Waals surface area contributed by atoms with Gasteiger partial charge in [-0.05, 0) is 32.2 Å². The van der Waals surface area contributed by atoms with Gasteiger partial charge in [0.1, 0.15) is 0 Å². The molecule has 1 fully saturated rings. The van der Waals surface area contributed by atoms with Crippen LogP contribution in [0.15, 0.2) is 12.4 Å². The molecule has 0 saturated heterocycles. The predicted octanol–water partition coefficient (Wildman–Crippen LogP) is 2.41. The Morgan fingerprint density at radius 1 is 1.47 bits per heavy atom. The van der Waals surface area contributed by atoms with E-state index in [0.29, 0.717) is 12.6 Å². The molecular weight excluding hydrogens is 236 g/mol. The van der Waals surface area contributed by atoms with E-state index in [4.69, 9.17) is 5.73 Å². The van der Waals surface area contributed by atoms with Gasteiger partial charge >= 0.3 is 0 Å². The SMILES string of the molecule is CCCn1cc(C(CN)N(C)CC2CCCC2)cn1. The molecule has 108 valence electrons. The molecule has 19 heavy (non-hydrogen) atoms. The lowest BCUT2D eigenvalue weighted by Crippen LogP contribution is -2.33. The van der Waals surface area contributed by atoms with Gasteiger partial charge in [0.25, 0.3) is 0 Å². The summed E-state index contributed by atoms with van der Waals surface area (Å²) in [4.78, 5) is 2.42. The fourth-order valence-electron chi connectivity index (χ4n) is 3.20. The summed E-state index contributed by atoms with van der Waals surface area (Å²) in [6, 6.07) is 0.311. The third-order valence-corrected chi connectivity index (χ3v) is 4.27. The number of aryl methyl sites for hydroxylation is 1. The monoisotopic (exact) mass is 264 g/mol. The number of aromatic nitrogens is 2. The largest absolute Gasteiger partial charge is 0.329 e. The van der Waals surface area contributed by atoms with Gasteiger partial charge in [-0.1, -0.05) is 19.8 Å². The molecule has 1 atom stereocenters. The summed E-state index contributed by atoms with van der Waals surface area (Å²) in [5, 5.41) is 4.42. The third-order valence-electron chi connectivity index (χ3n) is 4.27. The topological polar surface area (TPSA) is 47.1 Å². The molecule has 1 saturated carbocycles. The van der Waals surface area contributed by atoms with Crippen LogP contribution in [0.4, 0.5) is 0 Å². The molecule has 0 spiro atoms. The van der Waals surface area contributed by atoms with E-state index >= 15 is 0 Å². The minimum Gasteiger partial charge on any atom is -0.329 e. The fraction of sp³-hybridized carbons (Fsp3) is 0.800. The second kappa shape index (κ2) is 7.06. The van der Waals surface area contributed by atoms with E-state index in [1.165, 1.54) is 37.8 Å². The van der Waals surface area contributed by atoms with Crippen molar-refractivity contribution in [3.05, 3.63) is 18.0 Å². The third kappa shape index (κ3) is 3.80. The molecule has 1 aliphatic rings. The average Bonchev–Trinajstić information content (AvgIpc) is 3.03. The van der Waals surface area contributed by atoms with Gasteiger partial charge in [0, 0.05) is 37.4 Å². The molecule has 0 aromatic carbocycles. The molecule has 4 nitrogen and oxygen atoms in total. The Morgan fingerprint density at radius 3 is 2.84 bits per heavy atom. The first kappa shape index (κ1) is 14.5. The quantitative estimate of drug-likeness (QED) is 0.822. The first-order valence-corrected chi connectivity index (χ1v) is 7.67. The van der Waals surface area contributed by atoms with Crippen LogP contribution in [0, 0.1) is 5.92 Å². The van der Waals surface area contributed by atoms with Gasteiger partial charge in [0.05, 0.1) is 6.20 Å². The number of rotatable bonds is 7. The summed E-state index contributed by atoms with van der Waals surface area (Å²) in [5.74, 6) is 0.865. The van der Waals surface area contributed by atoms with Crippen molar-refractivity contribution >= 4 is 0 Å². The molecule has 1 aliphatic carbocycles. The zero-order chi connectivity index (χ0) is 13.7. The van der Waals surface area contributed by atoms with Crippen LogP contribution >= 0.6 is 0 Å². The van der Waals surface area contributed by atoms with E-state index in [1.54, 1.807) is 0 Å². The van der Waals surface area contributed by atoms with Crippen molar-refractivity contribution in [3.8, 4) is 0 Å². The van der Waals surface area contributed by atoms with Gasteiger partial charge in [0.2, 0.25) is 0 Å². The summed E-state index contributed by atoms with van der Waals surface area (Å²) < 4.78 is 2.03. The number of likely N-dealkylation sites (N-methyl/N-ethyl adjacent to an activating group) is 1. The van der Waals surface area contributed by atoms with Crippen molar-refractivity contribution in [2.24, 2.45) is 11.7 Å². The van der Waals surface area contributed by atoms with Crippen LogP contribution < -0.4 is 5.73 Å². The van der Waals surface area contributed by atoms with E-state index in [2.05, 4.69) is 30.2 Å². The van der Waals surface area contributed by atoms with Crippen LogP contribution in [-0.2, 0) is 6.54 Å². The van der Waals surface area contributed by atoms with Gasteiger partial charge in [0.15, 0.2) is 0 Å². The fourth-order valence-corrected chi connectivity index (χ4v) is 3.20. The first-order chi connectivity index (χ1) is 9.24. The minimum absolute atomic E-state index is 0.311. The highest BCUT2D eigenvalue weighted by atomic mass is 15.3. The van der Waals surface area contributed by atoms with Crippen LogP contribution in [0.3, 0.4) is 0 Å². The lowest BCUT2D eigenvalue weighted by atomic mass is 10.0. The highest BCUT2D eigenvalue weighted by Crippen LogP contribution is 2.28. The molecule has 0 aliphatic heterocycles. The second-order valence-electron chi connectivity index (χ2n) is 5.88. The molecule has 1 heterocycles. The van der Waals surface area contributed by atoms with Crippen LogP contribution in [0.2, 0.25) is 0 Å². The molecular formula is C15H28N4. The molecule has 2 N–H and O–H groups in total. The molecule has 0 amide bonds. The molecule has 1 aromatic heterocycles. The maximum atomic E-state index is 5.98. The van der Waals surface area contributed by atoms with E-state index in [0.717, 1.165) is 18.9 Å². The minimum atomic E-state index is 0.311. The van der Waals surface area contributed by atoms with E-state index in [9.17, 15) is 0 Å². The summed E-state index contributed by atoms with van der Waals surface area (Å²) in [6.45, 7) is 5.00. The van der Waals surface area contributed by atoms with Crippen molar-refractivity contribution in [1.82, 2.24) is 14.7 Å². The second-order valence-corrected chi connectivity index (χ2v) is 5.88. The average molecular weight is 264 g/mol.